The third kappa shape index (κ3) is 5.22. The fourth-order valence-corrected chi connectivity index (χ4v) is 3.41. The Balaban J connectivity index is 1.80. The zero-order chi connectivity index (χ0) is 17.0. The van der Waals surface area contributed by atoms with Crippen LogP contribution in [0.2, 0.25) is 0 Å². The molecule has 0 heterocycles. The van der Waals surface area contributed by atoms with Crippen LogP contribution in [0.25, 0.3) is 0 Å². The normalized spacial score (nSPS) is 11.0. The summed E-state index contributed by atoms with van der Waals surface area (Å²) in [5.74, 6) is -1.14. The Labute approximate surface area is 152 Å². The van der Waals surface area contributed by atoms with Gasteiger partial charge in [-0.1, -0.05) is 0 Å². The Morgan fingerprint density at radius 2 is 0.957 bits per heavy atom. The highest BCUT2D eigenvalue weighted by atomic mass is 79.9. The number of halogens is 6. The summed E-state index contributed by atoms with van der Waals surface area (Å²) in [6.07, 6.45) is 1.05. The van der Waals surface area contributed by atoms with E-state index in [0.29, 0.717) is 35.5 Å². The van der Waals surface area contributed by atoms with Crippen molar-refractivity contribution in [2.45, 2.75) is 12.8 Å². The third-order valence-corrected chi connectivity index (χ3v) is 5.66. The number of hydrogen-bond acceptors (Lipinski definition) is 1. The average molecular weight is 472 g/mol. The summed E-state index contributed by atoms with van der Waals surface area (Å²) in [6.45, 7) is 0. The van der Waals surface area contributed by atoms with Gasteiger partial charge in [0, 0.05) is 0 Å². The molecule has 0 unspecified atom stereocenters. The Kier molecular flexibility index (Phi) is 6.98. The molecule has 124 valence electrons. The summed E-state index contributed by atoms with van der Waals surface area (Å²) in [4.78, 5) is 0. The lowest BCUT2D eigenvalue weighted by molar-refractivity contribution is 0.568. The molecule has 0 saturated heterocycles. The molecule has 2 aromatic carbocycles. The van der Waals surface area contributed by atoms with Gasteiger partial charge in [-0.25, -0.2) is 17.6 Å². The standard InChI is InChI=1S/C16H12Br2F4S/c17-15-11(19)5-9(6-12(15)20)1-3-23-4-2-10-7-13(21)16(18)14(22)8-10/h5-8H,1-4H2. The lowest BCUT2D eigenvalue weighted by Crippen LogP contribution is -1.97. The molecule has 23 heavy (non-hydrogen) atoms. The van der Waals surface area contributed by atoms with Crippen LogP contribution in [0.4, 0.5) is 17.6 Å². The molecule has 0 bridgehead atoms. The van der Waals surface area contributed by atoms with E-state index in [9.17, 15) is 17.6 Å². The topological polar surface area (TPSA) is 0 Å². The van der Waals surface area contributed by atoms with Crippen molar-refractivity contribution < 1.29 is 17.6 Å². The van der Waals surface area contributed by atoms with E-state index in [4.69, 9.17) is 0 Å². The summed E-state index contributed by atoms with van der Waals surface area (Å²) in [5, 5.41) is 0. The highest BCUT2D eigenvalue weighted by molar-refractivity contribution is 9.10. The van der Waals surface area contributed by atoms with E-state index in [0.717, 1.165) is 0 Å². The van der Waals surface area contributed by atoms with Crippen LogP contribution in [0.3, 0.4) is 0 Å². The SMILES string of the molecule is Fc1cc(CCSCCc2cc(F)c(Br)c(F)c2)cc(F)c1Br. The molecule has 0 spiro atoms. The van der Waals surface area contributed by atoms with Gasteiger partial charge in [0.25, 0.3) is 0 Å². The van der Waals surface area contributed by atoms with Crippen LogP contribution in [0.15, 0.2) is 33.2 Å². The molecule has 0 saturated carbocycles. The zero-order valence-electron chi connectivity index (χ0n) is 11.8. The summed E-state index contributed by atoms with van der Waals surface area (Å²) < 4.78 is 53.2. The van der Waals surface area contributed by atoms with Gasteiger partial charge >= 0.3 is 0 Å². The molecule has 7 heteroatoms. The van der Waals surface area contributed by atoms with Crippen molar-refractivity contribution in [2.75, 3.05) is 11.5 Å². The van der Waals surface area contributed by atoms with Crippen molar-refractivity contribution >= 4 is 43.6 Å². The van der Waals surface area contributed by atoms with Crippen LogP contribution in [0.5, 0.6) is 0 Å². The maximum absolute atomic E-state index is 13.4. The van der Waals surface area contributed by atoms with Gasteiger partial charge in [0.2, 0.25) is 0 Å². The van der Waals surface area contributed by atoms with E-state index in [1.807, 2.05) is 0 Å². The molecule has 2 rings (SSSR count). The molecule has 0 aromatic heterocycles. The molecule has 0 aliphatic heterocycles. The fraction of sp³-hybridized carbons (Fsp3) is 0.250. The Bertz CT molecular complexity index is 601. The number of hydrogen-bond donors (Lipinski definition) is 0. The molecule has 0 radical (unpaired) electrons. The van der Waals surface area contributed by atoms with Crippen LogP contribution in [0, 0.1) is 23.3 Å². The minimum Gasteiger partial charge on any atom is -0.206 e. The molecule has 0 nitrogen and oxygen atoms in total. The maximum atomic E-state index is 13.4. The minimum atomic E-state index is -0.620. The number of aryl methyl sites for hydroxylation is 2. The molecule has 0 atom stereocenters. The van der Waals surface area contributed by atoms with E-state index in [1.165, 1.54) is 24.3 Å². The van der Waals surface area contributed by atoms with Gasteiger partial charge in [0.1, 0.15) is 23.3 Å². The molecular weight excluding hydrogens is 460 g/mol. The first-order valence-electron chi connectivity index (χ1n) is 6.73. The van der Waals surface area contributed by atoms with Crippen molar-refractivity contribution in [3.63, 3.8) is 0 Å². The van der Waals surface area contributed by atoms with Crippen LogP contribution in [-0.2, 0) is 12.8 Å². The Morgan fingerprint density at radius 1 is 0.652 bits per heavy atom. The van der Waals surface area contributed by atoms with E-state index < -0.39 is 23.3 Å². The van der Waals surface area contributed by atoms with Crippen molar-refractivity contribution in [3.8, 4) is 0 Å². The monoisotopic (exact) mass is 470 g/mol. The number of rotatable bonds is 6. The second kappa shape index (κ2) is 8.53. The summed E-state index contributed by atoms with van der Waals surface area (Å²) in [7, 11) is 0. The molecule has 0 N–H and O–H groups in total. The lowest BCUT2D eigenvalue weighted by atomic mass is 10.1. The highest BCUT2D eigenvalue weighted by Gasteiger charge is 2.09. The highest BCUT2D eigenvalue weighted by Crippen LogP contribution is 2.23. The first-order valence-corrected chi connectivity index (χ1v) is 9.47. The lowest BCUT2D eigenvalue weighted by Gasteiger charge is -2.06. The largest absolute Gasteiger partial charge is 0.206 e. The van der Waals surface area contributed by atoms with Gasteiger partial charge in [-0.15, -0.1) is 0 Å². The molecule has 0 amide bonds. The minimum absolute atomic E-state index is 0.159. The molecule has 0 fully saturated rings. The van der Waals surface area contributed by atoms with Gasteiger partial charge in [-0.3, -0.25) is 0 Å². The van der Waals surface area contributed by atoms with E-state index >= 15 is 0 Å². The number of benzene rings is 2. The van der Waals surface area contributed by atoms with Crippen molar-refractivity contribution in [2.24, 2.45) is 0 Å². The predicted octanol–water partition coefficient (Wildman–Crippen LogP) is 6.29. The van der Waals surface area contributed by atoms with Crippen LogP contribution < -0.4 is 0 Å². The summed E-state index contributed by atoms with van der Waals surface area (Å²) in [6, 6.07) is 5.20. The summed E-state index contributed by atoms with van der Waals surface area (Å²) >= 11 is 7.22. The zero-order valence-corrected chi connectivity index (χ0v) is 15.8. The smallest absolute Gasteiger partial charge is 0.140 e. The molecule has 2 aromatic rings. The Morgan fingerprint density at radius 3 is 1.26 bits per heavy atom. The third-order valence-electron chi connectivity index (χ3n) is 3.16. The van der Waals surface area contributed by atoms with Gasteiger partial charge in [-0.05, 0) is 91.6 Å². The van der Waals surface area contributed by atoms with Gasteiger partial charge in [0.15, 0.2) is 0 Å². The van der Waals surface area contributed by atoms with Crippen molar-refractivity contribution in [3.05, 3.63) is 67.6 Å². The van der Waals surface area contributed by atoms with Crippen LogP contribution in [0.1, 0.15) is 11.1 Å². The van der Waals surface area contributed by atoms with E-state index in [-0.39, 0.29) is 8.95 Å². The second-order valence-corrected chi connectivity index (χ2v) is 7.67. The van der Waals surface area contributed by atoms with E-state index in [2.05, 4.69) is 31.9 Å². The number of thioether (sulfide) groups is 1. The predicted molar refractivity (Wildman–Crippen MR) is 92.8 cm³/mol. The fourth-order valence-electron chi connectivity index (χ4n) is 1.99. The van der Waals surface area contributed by atoms with Crippen molar-refractivity contribution in [1.29, 1.82) is 0 Å². The first-order chi connectivity index (χ1) is 10.9. The van der Waals surface area contributed by atoms with E-state index in [1.54, 1.807) is 11.8 Å². The van der Waals surface area contributed by atoms with Gasteiger partial charge in [-0.2, -0.15) is 11.8 Å². The van der Waals surface area contributed by atoms with Crippen molar-refractivity contribution in [1.82, 2.24) is 0 Å². The first kappa shape index (κ1) is 18.8. The quantitative estimate of drug-likeness (QED) is 0.271. The maximum Gasteiger partial charge on any atom is 0.140 e. The average Bonchev–Trinajstić information content (AvgIpc) is 2.49. The molecule has 0 aliphatic rings. The molecule has 0 aliphatic carbocycles. The Hall–Kier alpha value is -0.530. The van der Waals surface area contributed by atoms with Crippen LogP contribution in [-0.4, -0.2) is 11.5 Å². The van der Waals surface area contributed by atoms with Gasteiger partial charge in [0.05, 0.1) is 8.95 Å². The second-order valence-electron chi connectivity index (χ2n) is 4.86. The summed E-state index contributed by atoms with van der Waals surface area (Å²) in [5.41, 5.74) is 1.16. The van der Waals surface area contributed by atoms with Gasteiger partial charge < -0.3 is 0 Å². The molecular formula is C16H12Br2F4S. The van der Waals surface area contributed by atoms with Crippen LogP contribution >= 0.6 is 43.6 Å².